The summed E-state index contributed by atoms with van der Waals surface area (Å²) in [6, 6.07) is 12.9. The molecule has 7 nitrogen and oxygen atoms in total. The van der Waals surface area contributed by atoms with Gasteiger partial charge in [0.05, 0.1) is 5.97 Å². The van der Waals surface area contributed by atoms with Crippen molar-refractivity contribution >= 4 is 34.6 Å². The van der Waals surface area contributed by atoms with Crippen LogP contribution < -0.4 is 9.84 Å². The largest absolute Gasteiger partial charge is 0.544 e. The van der Waals surface area contributed by atoms with Gasteiger partial charge >= 0.3 is 0 Å². The molecule has 0 spiro atoms. The van der Waals surface area contributed by atoms with Crippen molar-refractivity contribution in [1.29, 1.82) is 5.26 Å². The predicted molar refractivity (Wildman–Crippen MR) is 92.9 cm³/mol. The topological polar surface area (TPSA) is 112 Å². The summed E-state index contributed by atoms with van der Waals surface area (Å²) >= 11 is 0.792. The quantitative estimate of drug-likeness (QED) is 0.482. The van der Waals surface area contributed by atoms with Gasteiger partial charge in [-0.15, -0.1) is 10.2 Å². The van der Waals surface area contributed by atoms with E-state index in [4.69, 9.17) is 14.4 Å². The number of nitrogens with zero attached hydrogens (tertiary/aromatic N) is 3. The second-order valence-corrected chi connectivity index (χ2v) is 6.12. The maximum Gasteiger partial charge on any atom is 0.281 e. The molecule has 0 atom stereocenters. The molecule has 130 valence electrons. The Bertz CT molecular complexity index is 1040. The normalized spacial score (nSPS) is 11.3. The fourth-order valence-corrected chi connectivity index (χ4v) is 3.03. The molecule has 2 aromatic carbocycles. The monoisotopic (exact) mass is 366 g/mol. The number of benzene rings is 2. The number of ether oxygens (including phenoxy) is 1. The third-order valence-electron chi connectivity index (χ3n) is 3.40. The number of carbonyl (C=O) groups is 1. The van der Waals surface area contributed by atoms with Crippen LogP contribution >= 0.6 is 11.8 Å². The van der Waals surface area contributed by atoms with Crippen molar-refractivity contribution in [3.05, 3.63) is 52.8 Å². The van der Waals surface area contributed by atoms with E-state index in [2.05, 4.69) is 10.2 Å². The Morgan fingerprint density at radius 1 is 1.35 bits per heavy atom. The van der Waals surface area contributed by atoms with Crippen LogP contribution in [0, 0.1) is 18.3 Å². The lowest BCUT2D eigenvalue weighted by Crippen LogP contribution is -2.23. The van der Waals surface area contributed by atoms with Gasteiger partial charge in [0, 0.05) is 17.4 Å². The second-order valence-electron chi connectivity index (χ2n) is 5.13. The van der Waals surface area contributed by atoms with Crippen molar-refractivity contribution in [3.8, 4) is 11.8 Å². The van der Waals surface area contributed by atoms with E-state index < -0.39 is 5.97 Å². The lowest BCUT2D eigenvalue weighted by molar-refractivity contribution is -0.298. The minimum absolute atomic E-state index is 0.0951. The Kier molecular flexibility index (Phi) is 5.20. The number of hydrogen-bond acceptors (Lipinski definition) is 8. The van der Waals surface area contributed by atoms with Crippen molar-refractivity contribution in [2.24, 2.45) is 0 Å². The molecule has 26 heavy (non-hydrogen) atoms. The van der Waals surface area contributed by atoms with E-state index in [1.54, 1.807) is 13.0 Å². The molecule has 3 rings (SSSR count). The summed E-state index contributed by atoms with van der Waals surface area (Å²) in [4.78, 5) is 11.5. The number of carboxylic acids is 1. The molecular weight excluding hydrogens is 354 g/mol. The first-order valence-electron chi connectivity index (χ1n) is 7.51. The molecule has 0 saturated carbocycles. The lowest BCUT2D eigenvalue weighted by Gasteiger charge is -2.12. The first-order chi connectivity index (χ1) is 12.6. The van der Waals surface area contributed by atoms with Crippen LogP contribution in [0.1, 0.15) is 11.5 Å². The Balaban J connectivity index is 2.11. The highest BCUT2D eigenvalue weighted by Gasteiger charge is 2.13. The van der Waals surface area contributed by atoms with Gasteiger partial charge in [-0.3, -0.25) is 0 Å². The third kappa shape index (κ3) is 3.84. The molecule has 1 heterocycles. The predicted octanol–water partition coefficient (Wildman–Crippen LogP) is 2.32. The summed E-state index contributed by atoms with van der Waals surface area (Å²) in [5.74, 6) is -0.662. The number of hydrogen-bond donors (Lipinski definition) is 0. The first-order valence-corrected chi connectivity index (χ1v) is 8.32. The van der Waals surface area contributed by atoms with Crippen LogP contribution in [-0.4, -0.2) is 22.8 Å². The molecule has 0 fully saturated rings. The van der Waals surface area contributed by atoms with Crippen LogP contribution in [0.25, 0.3) is 16.8 Å². The molecule has 0 N–H and O–H groups in total. The average Bonchev–Trinajstić information content (AvgIpc) is 3.05. The molecule has 0 bridgehead atoms. The van der Waals surface area contributed by atoms with Crippen molar-refractivity contribution in [2.75, 3.05) is 6.61 Å². The van der Waals surface area contributed by atoms with Crippen molar-refractivity contribution in [3.63, 3.8) is 0 Å². The van der Waals surface area contributed by atoms with Gasteiger partial charge in [0.25, 0.3) is 5.22 Å². The number of carboxylic acid groups (broad SMARTS) is 1. The minimum atomic E-state index is -1.38. The van der Waals surface area contributed by atoms with Crippen LogP contribution in [0.15, 0.2) is 50.9 Å². The summed E-state index contributed by atoms with van der Waals surface area (Å²) < 4.78 is 10.7. The zero-order valence-electron chi connectivity index (χ0n) is 13.6. The van der Waals surface area contributed by atoms with Crippen molar-refractivity contribution in [2.45, 2.75) is 12.1 Å². The highest BCUT2D eigenvalue weighted by Crippen LogP contribution is 2.34. The number of nitriles is 1. The van der Waals surface area contributed by atoms with E-state index in [-0.39, 0.29) is 16.7 Å². The van der Waals surface area contributed by atoms with Gasteiger partial charge in [-0.25, -0.2) is 0 Å². The standard InChI is InChI=1S/C18H13N3O4S/c1-11-20-21-18(25-11)26-16(17(22)23)10-14-13-5-3-2-4-12(13)6-7-15(14)24-9-8-19/h2-7,10H,9H2,1H3,(H,22,23)/p-1/b16-10-. The molecular formula is C18H12N3O4S-. The van der Waals surface area contributed by atoms with E-state index in [9.17, 15) is 9.90 Å². The maximum absolute atomic E-state index is 11.6. The highest BCUT2D eigenvalue weighted by molar-refractivity contribution is 8.03. The zero-order chi connectivity index (χ0) is 18.5. The van der Waals surface area contributed by atoms with E-state index in [1.165, 1.54) is 6.08 Å². The molecule has 0 aliphatic carbocycles. The molecule has 0 aliphatic heterocycles. The van der Waals surface area contributed by atoms with Gasteiger partial charge in [0.1, 0.15) is 11.8 Å². The van der Waals surface area contributed by atoms with Crippen molar-refractivity contribution < 1.29 is 19.1 Å². The maximum atomic E-state index is 11.6. The Labute approximate surface area is 152 Å². The van der Waals surface area contributed by atoms with Gasteiger partial charge in [0.2, 0.25) is 5.89 Å². The number of fused-ring (bicyclic) bond motifs is 1. The van der Waals surface area contributed by atoms with Gasteiger partial charge in [-0.05, 0) is 34.7 Å². The van der Waals surface area contributed by atoms with Crippen LogP contribution in [0.5, 0.6) is 5.75 Å². The summed E-state index contributed by atoms with van der Waals surface area (Å²) in [6.07, 6.45) is 1.43. The summed E-state index contributed by atoms with van der Waals surface area (Å²) in [6.45, 7) is 1.45. The first kappa shape index (κ1) is 17.5. The Morgan fingerprint density at radius 2 is 2.15 bits per heavy atom. The van der Waals surface area contributed by atoms with Gasteiger partial charge in [-0.1, -0.05) is 30.3 Å². The molecule has 0 unspecified atom stereocenters. The smallest absolute Gasteiger partial charge is 0.281 e. The van der Waals surface area contributed by atoms with E-state index in [0.29, 0.717) is 17.2 Å². The van der Waals surface area contributed by atoms with Crippen LogP contribution in [0.3, 0.4) is 0 Å². The van der Waals surface area contributed by atoms with Gasteiger partial charge < -0.3 is 19.1 Å². The minimum Gasteiger partial charge on any atom is -0.544 e. The Morgan fingerprint density at radius 3 is 2.85 bits per heavy atom. The number of rotatable bonds is 6. The summed E-state index contributed by atoms with van der Waals surface area (Å²) in [5.41, 5.74) is 0.529. The van der Waals surface area contributed by atoms with Crippen molar-refractivity contribution in [1.82, 2.24) is 10.2 Å². The molecule has 8 heteroatoms. The van der Waals surface area contributed by atoms with E-state index >= 15 is 0 Å². The number of thioether (sulfide) groups is 1. The fraction of sp³-hybridized carbons (Fsp3) is 0.111. The van der Waals surface area contributed by atoms with Gasteiger partial charge in [-0.2, -0.15) is 5.26 Å². The molecule has 0 aliphatic rings. The number of aromatic nitrogens is 2. The molecule has 0 radical (unpaired) electrons. The number of aryl methyl sites for hydroxylation is 1. The number of carbonyl (C=O) groups excluding carboxylic acids is 1. The van der Waals surface area contributed by atoms with E-state index in [1.807, 2.05) is 36.4 Å². The molecule has 0 amide bonds. The van der Waals surface area contributed by atoms with Crippen LogP contribution in [-0.2, 0) is 4.79 Å². The molecule has 3 aromatic rings. The zero-order valence-corrected chi connectivity index (χ0v) is 14.4. The summed E-state index contributed by atoms with van der Waals surface area (Å²) in [5, 5.41) is 29.6. The van der Waals surface area contributed by atoms with Gasteiger partial charge in [0.15, 0.2) is 6.61 Å². The van der Waals surface area contributed by atoms with E-state index in [0.717, 1.165) is 22.5 Å². The third-order valence-corrected chi connectivity index (χ3v) is 4.25. The fourth-order valence-electron chi connectivity index (χ4n) is 2.34. The second kappa shape index (κ2) is 7.72. The average molecular weight is 366 g/mol. The lowest BCUT2D eigenvalue weighted by atomic mass is 10.0. The summed E-state index contributed by atoms with van der Waals surface area (Å²) in [7, 11) is 0. The van der Waals surface area contributed by atoms with Crippen LogP contribution in [0.4, 0.5) is 0 Å². The van der Waals surface area contributed by atoms with Crippen LogP contribution in [0.2, 0.25) is 0 Å². The highest BCUT2D eigenvalue weighted by atomic mass is 32.2. The Hall–Kier alpha value is -3.31. The molecule has 1 aromatic heterocycles. The molecule has 0 saturated heterocycles. The number of aliphatic carboxylic acids is 1. The SMILES string of the molecule is Cc1nnc(S/C(=C\c2c(OCC#N)ccc3ccccc23)C(=O)[O-])o1.